The molecule has 1 N–H and O–H groups in total. The highest BCUT2D eigenvalue weighted by Gasteiger charge is 2.27. The van der Waals surface area contributed by atoms with Crippen molar-refractivity contribution in [3.8, 4) is 0 Å². The van der Waals surface area contributed by atoms with Gasteiger partial charge in [-0.25, -0.2) is 4.79 Å². The van der Waals surface area contributed by atoms with Crippen LogP contribution in [-0.2, 0) is 4.74 Å². The molecule has 3 heteroatoms. The minimum atomic E-state index is -0.266. The fourth-order valence-corrected chi connectivity index (χ4v) is 1.88. The van der Waals surface area contributed by atoms with Crippen LogP contribution < -0.4 is 5.32 Å². The first-order valence-corrected chi connectivity index (χ1v) is 5.47. The van der Waals surface area contributed by atoms with E-state index in [-0.39, 0.29) is 6.09 Å². The van der Waals surface area contributed by atoms with E-state index in [0.29, 0.717) is 18.1 Å². The van der Waals surface area contributed by atoms with E-state index in [1.807, 2.05) is 6.92 Å². The number of nitrogens with one attached hydrogen (secondary N) is 1. The Hall–Kier alpha value is -0.730. The lowest BCUT2D eigenvalue weighted by atomic mass is 9.76. The summed E-state index contributed by atoms with van der Waals surface area (Å²) in [5, 5.41) is 2.90. The minimum absolute atomic E-state index is 0.266. The van der Waals surface area contributed by atoms with Crippen LogP contribution in [0, 0.1) is 5.41 Å². The van der Waals surface area contributed by atoms with Crippen LogP contribution >= 0.6 is 0 Å². The summed E-state index contributed by atoms with van der Waals surface area (Å²) >= 11 is 0. The van der Waals surface area contributed by atoms with Gasteiger partial charge < -0.3 is 10.1 Å². The van der Waals surface area contributed by atoms with E-state index in [1.54, 1.807) is 0 Å². The summed E-state index contributed by atoms with van der Waals surface area (Å²) in [6.45, 7) is 6.84. The standard InChI is InChI=1S/C11H21NO2/c1-4-14-10(13)12-9-5-7-11(2,3)8-6-9/h9H,4-8H2,1-3H3,(H,12,13). The Kier molecular flexibility index (Phi) is 3.78. The Morgan fingerprint density at radius 3 is 2.50 bits per heavy atom. The van der Waals surface area contributed by atoms with Gasteiger partial charge in [0, 0.05) is 6.04 Å². The summed E-state index contributed by atoms with van der Waals surface area (Å²) in [6, 6.07) is 0.321. The molecule has 1 aliphatic carbocycles. The Labute approximate surface area is 86.2 Å². The van der Waals surface area contributed by atoms with Gasteiger partial charge in [0.2, 0.25) is 0 Å². The Morgan fingerprint density at radius 2 is 2.00 bits per heavy atom. The van der Waals surface area contributed by atoms with E-state index in [1.165, 1.54) is 12.8 Å². The van der Waals surface area contributed by atoms with Crippen molar-refractivity contribution < 1.29 is 9.53 Å². The fraction of sp³-hybridized carbons (Fsp3) is 0.909. The molecule has 1 saturated carbocycles. The molecule has 0 aromatic carbocycles. The molecule has 82 valence electrons. The maximum Gasteiger partial charge on any atom is 0.407 e. The summed E-state index contributed by atoms with van der Waals surface area (Å²) in [7, 11) is 0. The number of amides is 1. The largest absolute Gasteiger partial charge is 0.450 e. The lowest BCUT2D eigenvalue weighted by Crippen LogP contribution is -2.39. The maximum absolute atomic E-state index is 11.1. The number of rotatable bonds is 2. The first-order chi connectivity index (χ1) is 6.53. The molecular weight excluding hydrogens is 178 g/mol. The lowest BCUT2D eigenvalue weighted by molar-refractivity contribution is 0.137. The first kappa shape index (κ1) is 11.3. The topological polar surface area (TPSA) is 38.3 Å². The lowest BCUT2D eigenvalue weighted by Gasteiger charge is -2.34. The molecule has 0 heterocycles. The quantitative estimate of drug-likeness (QED) is 0.742. The Bertz CT molecular complexity index is 191. The van der Waals surface area contributed by atoms with Gasteiger partial charge in [-0.3, -0.25) is 0 Å². The van der Waals surface area contributed by atoms with E-state index in [9.17, 15) is 4.79 Å². The monoisotopic (exact) mass is 199 g/mol. The zero-order valence-electron chi connectivity index (χ0n) is 9.43. The molecule has 1 fully saturated rings. The minimum Gasteiger partial charge on any atom is -0.450 e. The summed E-state index contributed by atoms with van der Waals surface area (Å²) < 4.78 is 4.85. The van der Waals surface area contributed by atoms with Crippen molar-refractivity contribution >= 4 is 6.09 Å². The average molecular weight is 199 g/mol. The SMILES string of the molecule is CCOC(=O)NC1CCC(C)(C)CC1. The summed E-state index contributed by atoms with van der Waals surface area (Å²) in [4.78, 5) is 11.1. The highest BCUT2D eigenvalue weighted by atomic mass is 16.5. The molecular formula is C11H21NO2. The van der Waals surface area contributed by atoms with E-state index < -0.39 is 0 Å². The van der Waals surface area contributed by atoms with Gasteiger partial charge in [0.15, 0.2) is 0 Å². The molecule has 0 atom stereocenters. The number of carbonyl (C=O) groups is 1. The normalized spacial score (nSPS) is 21.6. The molecule has 0 spiro atoms. The van der Waals surface area contributed by atoms with Crippen molar-refractivity contribution in [2.75, 3.05) is 6.61 Å². The second-order valence-electron chi connectivity index (χ2n) is 4.80. The predicted octanol–water partition coefficient (Wildman–Crippen LogP) is 2.70. The Balaban J connectivity index is 2.25. The van der Waals surface area contributed by atoms with Crippen LogP contribution in [0.2, 0.25) is 0 Å². The molecule has 1 amide bonds. The summed E-state index contributed by atoms with van der Waals surface area (Å²) in [6.07, 6.45) is 4.25. The summed E-state index contributed by atoms with van der Waals surface area (Å²) in [5.74, 6) is 0. The van der Waals surface area contributed by atoms with Gasteiger partial charge in [0.1, 0.15) is 0 Å². The van der Waals surface area contributed by atoms with E-state index in [0.717, 1.165) is 12.8 Å². The molecule has 3 nitrogen and oxygen atoms in total. The van der Waals surface area contributed by atoms with Crippen molar-refractivity contribution in [3.05, 3.63) is 0 Å². The Morgan fingerprint density at radius 1 is 1.43 bits per heavy atom. The van der Waals surface area contributed by atoms with Gasteiger partial charge in [0.25, 0.3) is 0 Å². The number of hydrogen-bond donors (Lipinski definition) is 1. The van der Waals surface area contributed by atoms with Gasteiger partial charge in [-0.15, -0.1) is 0 Å². The highest BCUT2D eigenvalue weighted by Crippen LogP contribution is 2.34. The third-order valence-corrected chi connectivity index (χ3v) is 2.94. The van der Waals surface area contributed by atoms with E-state index in [4.69, 9.17) is 4.74 Å². The average Bonchev–Trinajstić information content (AvgIpc) is 2.09. The highest BCUT2D eigenvalue weighted by molar-refractivity contribution is 5.67. The van der Waals surface area contributed by atoms with Gasteiger partial charge >= 0.3 is 6.09 Å². The summed E-state index contributed by atoms with van der Waals surface area (Å²) in [5.41, 5.74) is 0.451. The molecule has 0 saturated heterocycles. The molecule has 0 radical (unpaired) electrons. The molecule has 0 unspecified atom stereocenters. The molecule has 14 heavy (non-hydrogen) atoms. The third-order valence-electron chi connectivity index (χ3n) is 2.94. The first-order valence-electron chi connectivity index (χ1n) is 5.47. The van der Waals surface area contributed by atoms with Crippen LogP contribution in [-0.4, -0.2) is 18.7 Å². The van der Waals surface area contributed by atoms with Crippen molar-refractivity contribution in [3.63, 3.8) is 0 Å². The van der Waals surface area contributed by atoms with Gasteiger partial charge in [-0.2, -0.15) is 0 Å². The third kappa shape index (κ3) is 3.56. The van der Waals surface area contributed by atoms with Crippen LogP contribution in [0.1, 0.15) is 46.5 Å². The van der Waals surface area contributed by atoms with Gasteiger partial charge in [-0.05, 0) is 38.0 Å². The molecule has 0 aromatic heterocycles. The smallest absolute Gasteiger partial charge is 0.407 e. The maximum atomic E-state index is 11.1. The number of alkyl carbamates (subject to hydrolysis) is 1. The van der Waals surface area contributed by atoms with Crippen LogP contribution in [0.3, 0.4) is 0 Å². The molecule has 0 aliphatic heterocycles. The van der Waals surface area contributed by atoms with Crippen molar-refractivity contribution in [2.45, 2.75) is 52.5 Å². The van der Waals surface area contributed by atoms with Crippen LogP contribution in [0.15, 0.2) is 0 Å². The van der Waals surface area contributed by atoms with E-state index >= 15 is 0 Å². The van der Waals surface area contributed by atoms with Crippen LogP contribution in [0.4, 0.5) is 4.79 Å². The van der Waals surface area contributed by atoms with E-state index in [2.05, 4.69) is 19.2 Å². The zero-order chi connectivity index (χ0) is 10.6. The molecule has 0 aromatic rings. The van der Waals surface area contributed by atoms with Crippen LogP contribution in [0.5, 0.6) is 0 Å². The number of ether oxygens (including phenoxy) is 1. The predicted molar refractivity (Wildman–Crippen MR) is 56.2 cm³/mol. The van der Waals surface area contributed by atoms with Crippen molar-refractivity contribution in [1.82, 2.24) is 5.32 Å². The second kappa shape index (κ2) is 4.67. The molecule has 1 aliphatic rings. The second-order valence-corrected chi connectivity index (χ2v) is 4.80. The number of carbonyl (C=O) groups excluding carboxylic acids is 1. The van der Waals surface area contributed by atoms with Gasteiger partial charge in [-0.1, -0.05) is 13.8 Å². The fourth-order valence-electron chi connectivity index (χ4n) is 1.88. The molecule has 1 rings (SSSR count). The van der Waals surface area contributed by atoms with Crippen molar-refractivity contribution in [1.29, 1.82) is 0 Å². The molecule has 0 bridgehead atoms. The van der Waals surface area contributed by atoms with Crippen molar-refractivity contribution in [2.24, 2.45) is 5.41 Å². The van der Waals surface area contributed by atoms with Crippen LogP contribution in [0.25, 0.3) is 0 Å². The number of hydrogen-bond acceptors (Lipinski definition) is 2. The van der Waals surface area contributed by atoms with Gasteiger partial charge in [0.05, 0.1) is 6.61 Å². The zero-order valence-corrected chi connectivity index (χ0v) is 9.43.